The first-order valence-electron chi connectivity index (χ1n) is 9.90. The first-order valence-corrected chi connectivity index (χ1v) is 9.90. The Morgan fingerprint density at radius 1 is 1.00 bits per heavy atom. The summed E-state index contributed by atoms with van der Waals surface area (Å²) in [5, 5.41) is 21.5. The molecule has 168 valence electrons. The molecule has 3 N–H and O–H groups in total. The summed E-state index contributed by atoms with van der Waals surface area (Å²) in [6, 6.07) is 14.1. The molecular formula is C23H19BF3N2O4+. The second kappa shape index (κ2) is 8.38. The van der Waals surface area contributed by atoms with Crippen LogP contribution in [0.3, 0.4) is 0 Å². The highest BCUT2D eigenvalue weighted by Gasteiger charge is 2.37. The SMILES string of the molecule is C[N+](C)=c1ccc2c(C(F)(F)F)c3ccc(NC(=O)c4ccc(B(O)O)cc4)cc3oc-2c1. The lowest BCUT2D eigenvalue weighted by molar-refractivity contribution is -0.136. The molecule has 0 atom stereocenters. The monoisotopic (exact) mass is 455 g/mol. The van der Waals surface area contributed by atoms with Gasteiger partial charge in [-0.25, -0.2) is 4.58 Å². The highest BCUT2D eigenvalue weighted by Crippen LogP contribution is 2.43. The first-order chi connectivity index (χ1) is 15.5. The van der Waals surface area contributed by atoms with Gasteiger partial charge in [0.1, 0.15) is 25.4 Å². The molecule has 6 nitrogen and oxygen atoms in total. The summed E-state index contributed by atoms with van der Waals surface area (Å²) in [4.78, 5) is 12.5. The molecule has 1 amide bonds. The van der Waals surface area contributed by atoms with E-state index >= 15 is 0 Å². The molecule has 1 aliphatic heterocycles. The van der Waals surface area contributed by atoms with Crippen molar-refractivity contribution in [2.45, 2.75) is 6.18 Å². The molecule has 4 rings (SSSR count). The minimum Gasteiger partial charge on any atom is -0.456 e. The zero-order chi connectivity index (χ0) is 23.9. The fourth-order valence-electron chi connectivity index (χ4n) is 3.55. The van der Waals surface area contributed by atoms with Crippen LogP contribution in [-0.4, -0.2) is 37.2 Å². The van der Waals surface area contributed by atoms with Crippen molar-refractivity contribution in [1.82, 2.24) is 4.58 Å². The Labute approximate surface area is 186 Å². The fraction of sp³-hybridized carbons (Fsp3) is 0.130. The molecule has 1 aliphatic carbocycles. The Morgan fingerprint density at radius 2 is 1.70 bits per heavy atom. The van der Waals surface area contributed by atoms with E-state index in [9.17, 15) is 18.0 Å². The number of hydrogen-bond donors (Lipinski definition) is 3. The Hall–Kier alpha value is -3.63. The molecule has 1 heterocycles. The summed E-state index contributed by atoms with van der Waals surface area (Å²) in [6.07, 6.45) is -4.61. The number of hydrogen-bond acceptors (Lipinski definition) is 4. The normalized spacial score (nSPS) is 11.6. The van der Waals surface area contributed by atoms with Gasteiger partial charge in [-0.2, -0.15) is 13.2 Å². The molecule has 0 saturated carbocycles. The van der Waals surface area contributed by atoms with E-state index in [0.29, 0.717) is 5.36 Å². The van der Waals surface area contributed by atoms with E-state index in [1.807, 2.05) is 0 Å². The maximum atomic E-state index is 14.0. The number of rotatable bonds is 3. The van der Waals surface area contributed by atoms with Crippen LogP contribution in [0, 0.1) is 0 Å². The number of carbonyl (C=O) groups is 1. The van der Waals surface area contributed by atoms with Crippen molar-refractivity contribution >= 4 is 35.1 Å². The minimum absolute atomic E-state index is 0.0257. The van der Waals surface area contributed by atoms with Crippen LogP contribution in [-0.2, 0) is 6.18 Å². The van der Waals surface area contributed by atoms with Gasteiger partial charge >= 0.3 is 13.3 Å². The standard InChI is InChI=1S/C23H18BF3N2O4/c1-29(2)16-8-10-18-20(12-16)33-19-11-15(7-9-17(19)21(18)23(25,26)27)28-22(30)13-3-5-14(6-4-13)24(31)32/h3-12,31-32H,1-2H3/p+1. The molecular weight excluding hydrogens is 436 g/mol. The molecule has 33 heavy (non-hydrogen) atoms. The topological polar surface area (TPSA) is 85.7 Å². The lowest BCUT2D eigenvalue weighted by Gasteiger charge is -2.17. The zero-order valence-corrected chi connectivity index (χ0v) is 17.6. The van der Waals surface area contributed by atoms with E-state index in [-0.39, 0.29) is 39.0 Å². The number of fused-ring (bicyclic) bond motifs is 2. The number of alkyl halides is 3. The van der Waals surface area contributed by atoms with Crippen molar-refractivity contribution in [3.8, 4) is 11.3 Å². The number of carbonyl (C=O) groups excluding carboxylic acids is 1. The van der Waals surface area contributed by atoms with Gasteiger partial charge in [0.2, 0.25) is 5.36 Å². The Balaban J connectivity index is 1.79. The molecule has 2 aliphatic rings. The molecule has 0 aromatic heterocycles. The van der Waals surface area contributed by atoms with Gasteiger partial charge in [-0.1, -0.05) is 12.1 Å². The highest BCUT2D eigenvalue weighted by atomic mass is 19.4. The Bertz CT molecular complexity index is 1390. The highest BCUT2D eigenvalue weighted by molar-refractivity contribution is 6.58. The number of nitrogens with one attached hydrogen (secondary N) is 1. The first kappa shape index (κ1) is 22.6. The zero-order valence-electron chi connectivity index (χ0n) is 17.6. The molecule has 0 radical (unpaired) electrons. The van der Waals surface area contributed by atoms with E-state index in [4.69, 9.17) is 14.5 Å². The summed E-state index contributed by atoms with van der Waals surface area (Å²) in [7, 11) is 1.89. The van der Waals surface area contributed by atoms with Crippen LogP contribution in [0.25, 0.3) is 22.3 Å². The molecule has 0 unspecified atom stereocenters. The molecule has 0 spiro atoms. The van der Waals surface area contributed by atoms with Crippen molar-refractivity contribution in [3.05, 3.63) is 77.1 Å². The third kappa shape index (κ3) is 4.48. The quantitative estimate of drug-likeness (QED) is 0.252. The average molecular weight is 455 g/mol. The number of nitrogens with zero attached hydrogens (tertiary/aromatic N) is 1. The van der Waals surface area contributed by atoms with E-state index in [1.165, 1.54) is 54.6 Å². The van der Waals surface area contributed by atoms with Crippen LogP contribution in [0.1, 0.15) is 15.9 Å². The van der Waals surface area contributed by atoms with Gasteiger partial charge in [-0.15, -0.1) is 0 Å². The van der Waals surface area contributed by atoms with Gasteiger partial charge in [-0.05, 0) is 35.8 Å². The lowest BCUT2D eigenvalue weighted by atomic mass is 9.80. The van der Waals surface area contributed by atoms with Crippen molar-refractivity contribution < 1.29 is 32.4 Å². The van der Waals surface area contributed by atoms with Gasteiger partial charge in [-0.3, -0.25) is 4.79 Å². The molecule has 2 aromatic carbocycles. The van der Waals surface area contributed by atoms with Crippen molar-refractivity contribution in [1.29, 1.82) is 0 Å². The summed E-state index contributed by atoms with van der Waals surface area (Å²) in [6.45, 7) is 0. The van der Waals surface area contributed by atoms with Gasteiger partial charge in [0.25, 0.3) is 5.91 Å². The Kier molecular flexibility index (Phi) is 5.73. The van der Waals surface area contributed by atoms with Crippen molar-refractivity contribution in [2.24, 2.45) is 0 Å². The third-order valence-corrected chi connectivity index (χ3v) is 5.23. The summed E-state index contributed by atoms with van der Waals surface area (Å²) in [5.41, 5.74) is -0.175. The molecule has 0 fully saturated rings. The molecule has 2 aromatic rings. The maximum Gasteiger partial charge on any atom is 0.488 e. The average Bonchev–Trinajstić information content (AvgIpc) is 2.76. The van der Waals surface area contributed by atoms with Crippen LogP contribution in [0.15, 0.2) is 65.1 Å². The van der Waals surface area contributed by atoms with Crippen LogP contribution in [0.4, 0.5) is 18.9 Å². The van der Waals surface area contributed by atoms with Gasteiger partial charge in [0.15, 0.2) is 0 Å². The van der Waals surface area contributed by atoms with E-state index < -0.39 is 24.8 Å². The Morgan fingerprint density at radius 3 is 2.30 bits per heavy atom. The predicted octanol–water partition coefficient (Wildman–Crippen LogP) is 2.52. The number of benzene rings is 3. The number of halogens is 3. The van der Waals surface area contributed by atoms with Crippen molar-refractivity contribution in [3.63, 3.8) is 0 Å². The van der Waals surface area contributed by atoms with Crippen molar-refractivity contribution in [2.75, 3.05) is 19.4 Å². The largest absolute Gasteiger partial charge is 0.488 e. The molecule has 10 heteroatoms. The van der Waals surface area contributed by atoms with E-state index in [2.05, 4.69) is 5.32 Å². The number of amides is 1. The predicted molar refractivity (Wildman–Crippen MR) is 119 cm³/mol. The minimum atomic E-state index is -4.61. The smallest absolute Gasteiger partial charge is 0.456 e. The van der Waals surface area contributed by atoms with Crippen LogP contribution in [0.5, 0.6) is 0 Å². The van der Waals surface area contributed by atoms with Gasteiger partial charge < -0.3 is 19.8 Å². The number of anilines is 1. The van der Waals surface area contributed by atoms with Gasteiger partial charge in [0.05, 0.1) is 11.6 Å². The summed E-state index contributed by atoms with van der Waals surface area (Å²) in [5.74, 6) is -0.442. The summed E-state index contributed by atoms with van der Waals surface area (Å²) < 4.78 is 49.5. The van der Waals surface area contributed by atoms with E-state index in [1.54, 1.807) is 24.7 Å². The lowest BCUT2D eigenvalue weighted by Crippen LogP contribution is -2.29. The summed E-state index contributed by atoms with van der Waals surface area (Å²) >= 11 is 0. The second-order valence-electron chi connectivity index (χ2n) is 7.71. The molecule has 0 saturated heterocycles. The molecule has 0 bridgehead atoms. The van der Waals surface area contributed by atoms with Crippen LogP contribution in [0.2, 0.25) is 0 Å². The van der Waals surface area contributed by atoms with Gasteiger partial charge in [0, 0.05) is 34.3 Å². The third-order valence-electron chi connectivity index (χ3n) is 5.23. The van der Waals surface area contributed by atoms with Crippen LogP contribution < -0.4 is 20.7 Å². The van der Waals surface area contributed by atoms with E-state index in [0.717, 1.165) is 0 Å². The fourth-order valence-corrected chi connectivity index (χ4v) is 3.55. The second-order valence-corrected chi connectivity index (χ2v) is 7.71. The maximum absolute atomic E-state index is 14.0. The van der Waals surface area contributed by atoms with Crippen LogP contribution >= 0.6 is 0 Å².